The molecule has 4 amide bonds. The van der Waals surface area contributed by atoms with Crippen LogP contribution in [0.4, 0.5) is 11.4 Å². The van der Waals surface area contributed by atoms with Gasteiger partial charge in [0, 0.05) is 19.2 Å². The SMILES string of the molecule is CN1C(=O)[C@]2(Cl)C[C@@H]3C(=CC[C@@H]4C(=O)N(c5cccc([N+](=O)[O-])c5)C(=O)[C@@H]43)[C@H](c3ccc(CO)o3)[C@]2(Cl)C1=O. The van der Waals surface area contributed by atoms with Crippen molar-refractivity contribution in [3.05, 3.63) is 69.7 Å². The molecule has 1 aromatic carbocycles. The van der Waals surface area contributed by atoms with Crippen LogP contribution in [0.5, 0.6) is 0 Å². The zero-order valence-corrected chi connectivity index (χ0v) is 21.9. The molecule has 3 fully saturated rings. The molecule has 2 saturated heterocycles. The Bertz CT molecular complexity index is 1520. The number of aliphatic hydroxyl groups excluding tert-OH is 1. The largest absolute Gasteiger partial charge is 0.463 e. The number of alkyl halides is 2. The first kappa shape index (κ1) is 25.7. The van der Waals surface area contributed by atoms with Gasteiger partial charge in [0.2, 0.25) is 11.8 Å². The van der Waals surface area contributed by atoms with Gasteiger partial charge in [0.15, 0.2) is 9.75 Å². The van der Waals surface area contributed by atoms with Crippen molar-refractivity contribution in [2.75, 3.05) is 11.9 Å². The fourth-order valence-corrected chi connectivity index (χ4v) is 7.69. The highest BCUT2D eigenvalue weighted by Gasteiger charge is 2.76. The van der Waals surface area contributed by atoms with Crippen molar-refractivity contribution in [3.8, 4) is 0 Å². The molecule has 4 aliphatic rings. The van der Waals surface area contributed by atoms with Crippen molar-refractivity contribution in [1.29, 1.82) is 0 Å². The lowest BCUT2D eigenvalue weighted by atomic mass is 9.57. The van der Waals surface area contributed by atoms with Crippen LogP contribution in [-0.2, 0) is 25.8 Å². The van der Waals surface area contributed by atoms with Gasteiger partial charge >= 0.3 is 0 Å². The van der Waals surface area contributed by atoms with E-state index in [9.17, 15) is 34.4 Å². The van der Waals surface area contributed by atoms with Gasteiger partial charge < -0.3 is 9.52 Å². The Labute approximate surface area is 231 Å². The summed E-state index contributed by atoms with van der Waals surface area (Å²) in [7, 11) is 1.28. The van der Waals surface area contributed by atoms with Gasteiger partial charge in [-0.25, -0.2) is 4.90 Å². The standard InChI is InChI=1S/C26H21Cl2N3O8/c1-29-23(35)25(27)10-17-15(20(26(25,28)24(29)36)18-8-5-14(11-32)39-18)6-7-16-19(17)22(34)30(21(16)33)12-3-2-4-13(9-12)31(37)38/h2-6,8-9,16-17,19-20,32H,7,10-11H2,1H3/t16-,17+,19-,20+,25+,26-/m0/s1. The third-order valence-corrected chi connectivity index (χ3v) is 9.85. The van der Waals surface area contributed by atoms with E-state index < -0.39 is 68.6 Å². The summed E-state index contributed by atoms with van der Waals surface area (Å²) < 4.78 is 5.80. The fraction of sp³-hybridized carbons (Fsp3) is 0.385. The number of imide groups is 2. The van der Waals surface area contributed by atoms with Gasteiger partial charge in [-0.2, -0.15) is 0 Å². The molecule has 2 aromatic rings. The molecule has 0 spiro atoms. The summed E-state index contributed by atoms with van der Waals surface area (Å²) in [5.74, 6) is -5.72. The lowest BCUT2D eigenvalue weighted by Crippen LogP contribution is -2.60. The van der Waals surface area contributed by atoms with Crippen LogP contribution in [-0.4, -0.2) is 55.4 Å². The maximum absolute atomic E-state index is 13.9. The molecule has 1 N–H and O–H groups in total. The van der Waals surface area contributed by atoms with E-state index in [4.69, 9.17) is 27.6 Å². The maximum atomic E-state index is 13.9. The van der Waals surface area contributed by atoms with Crippen LogP contribution in [0.15, 0.2) is 52.5 Å². The summed E-state index contributed by atoms with van der Waals surface area (Å²) in [4.78, 5) is 62.8. The second-order valence-corrected chi connectivity index (χ2v) is 11.5. The monoisotopic (exact) mass is 573 g/mol. The van der Waals surface area contributed by atoms with Gasteiger partial charge in [0.1, 0.15) is 18.1 Å². The lowest BCUT2D eigenvalue weighted by Gasteiger charge is -2.49. The average Bonchev–Trinajstić information content (AvgIpc) is 3.53. The van der Waals surface area contributed by atoms with E-state index in [1.165, 1.54) is 31.3 Å². The highest BCUT2D eigenvalue weighted by Crippen LogP contribution is 2.65. The number of anilines is 1. The summed E-state index contributed by atoms with van der Waals surface area (Å²) in [6, 6.07) is 8.30. The number of benzene rings is 1. The number of hydrogen-bond donors (Lipinski definition) is 1. The number of nitro benzene ring substituents is 1. The third kappa shape index (κ3) is 3.20. The van der Waals surface area contributed by atoms with Crippen LogP contribution in [0.1, 0.15) is 30.3 Å². The fourth-order valence-electron chi connectivity index (χ4n) is 6.69. The molecule has 2 aliphatic carbocycles. The van der Waals surface area contributed by atoms with Crippen molar-refractivity contribution in [2.24, 2.45) is 17.8 Å². The van der Waals surface area contributed by atoms with E-state index in [1.54, 1.807) is 12.1 Å². The van der Waals surface area contributed by atoms with Gasteiger partial charge in [-0.3, -0.25) is 34.2 Å². The van der Waals surface area contributed by atoms with Gasteiger partial charge in [-0.1, -0.05) is 17.7 Å². The van der Waals surface area contributed by atoms with Gasteiger partial charge in [0.05, 0.1) is 28.4 Å². The predicted molar refractivity (Wildman–Crippen MR) is 136 cm³/mol. The summed E-state index contributed by atoms with van der Waals surface area (Å²) in [5.41, 5.74) is 0.335. The minimum Gasteiger partial charge on any atom is -0.463 e. The Morgan fingerprint density at radius 1 is 1.10 bits per heavy atom. The van der Waals surface area contributed by atoms with Crippen LogP contribution in [0.2, 0.25) is 0 Å². The number of carbonyl (C=O) groups excluding carboxylic acids is 4. The molecule has 2 aliphatic heterocycles. The molecule has 0 unspecified atom stereocenters. The van der Waals surface area contributed by atoms with E-state index in [-0.39, 0.29) is 35.7 Å². The molecule has 0 bridgehead atoms. The second kappa shape index (κ2) is 8.48. The van der Waals surface area contributed by atoms with E-state index in [2.05, 4.69) is 0 Å². The molecule has 0 radical (unpaired) electrons. The van der Waals surface area contributed by atoms with Crippen LogP contribution in [0, 0.1) is 27.9 Å². The van der Waals surface area contributed by atoms with Crippen molar-refractivity contribution in [1.82, 2.24) is 4.90 Å². The number of hydrogen-bond acceptors (Lipinski definition) is 8. The second-order valence-electron chi connectivity index (χ2n) is 10.2. The highest BCUT2D eigenvalue weighted by atomic mass is 35.5. The van der Waals surface area contributed by atoms with Crippen LogP contribution in [0.25, 0.3) is 0 Å². The number of carbonyl (C=O) groups is 4. The van der Waals surface area contributed by atoms with Crippen molar-refractivity contribution in [2.45, 2.75) is 35.1 Å². The Balaban J connectivity index is 1.48. The normalized spacial score (nSPS) is 33.7. The Hall–Kier alpha value is -3.54. The quantitative estimate of drug-likeness (QED) is 0.193. The number of non-ortho nitro benzene ring substituents is 1. The van der Waals surface area contributed by atoms with Gasteiger partial charge in [-0.05, 0) is 37.0 Å². The molecule has 6 atom stereocenters. The number of allylic oxidation sites excluding steroid dienone is 2. The third-order valence-electron chi connectivity index (χ3n) is 8.44. The topological polar surface area (TPSA) is 151 Å². The molecule has 39 heavy (non-hydrogen) atoms. The molecule has 11 nitrogen and oxygen atoms in total. The van der Waals surface area contributed by atoms with Gasteiger partial charge in [0.25, 0.3) is 17.5 Å². The number of likely N-dealkylation sites (tertiary alicyclic amines) is 1. The molecule has 13 heteroatoms. The Morgan fingerprint density at radius 3 is 2.51 bits per heavy atom. The summed E-state index contributed by atoms with van der Waals surface area (Å²) in [5, 5.41) is 20.9. The molecular weight excluding hydrogens is 553 g/mol. The highest BCUT2D eigenvalue weighted by molar-refractivity contribution is 6.53. The summed E-state index contributed by atoms with van der Waals surface area (Å²) in [6.07, 6.45) is 1.69. The first-order chi connectivity index (χ1) is 18.5. The number of halogens is 2. The van der Waals surface area contributed by atoms with Crippen LogP contribution in [0.3, 0.4) is 0 Å². The smallest absolute Gasteiger partial charge is 0.271 e. The molecular formula is C26H21Cl2N3O8. The van der Waals surface area contributed by atoms with Crippen molar-refractivity contribution >= 4 is 58.2 Å². The van der Waals surface area contributed by atoms with Crippen LogP contribution >= 0.6 is 23.2 Å². The number of amides is 4. The lowest BCUT2D eigenvalue weighted by molar-refractivity contribution is -0.384. The zero-order valence-electron chi connectivity index (χ0n) is 20.4. The van der Waals surface area contributed by atoms with E-state index in [0.717, 1.165) is 15.9 Å². The first-order valence-electron chi connectivity index (χ1n) is 12.2. The van der Waals surface area contributed by atoms with Crippen molar-refractivity contribution in [3.63, 3.8) is 0 Å². The molecule has 1 aromatic heterocycles. The number of nitro groups is 1. The Morgan fingerprint density at radius 2 is 1.85 bits per heavy atom. The number of fused-ring (bicyclic) bond motifs is 4. The Kier molecular flexibility index (Phi) is 5.59. The maximum Gasteiger partial charge on any atom is 0.271 e. The van der Waals surface area contributed by atoms with Crippen molar-refractivity contribution < 1.29 is 33.6 Å². The molecule has 3 heterocycles. The average molecular weight is 574 g/mol. The number of nitrogens with zero attached hydrogens (tertiary/aromatic N) is 3. The van der Waals surface area contributed by atoms with E-state index >= 15 is 0 Å². The zero-order chi connectivity index (χ0) is 28.0. The molecule has 1 saturated carbocycles. The first-order valence-corrected chi connectivity index (χ1v) is 12.9. The minimum atomic E-state index is -1.98. The summed E-state index contributed by atoms with van der Waals surface area (Å²) >= 11 is 14.1. The minimum absolute atomic E-state index is 0.0697. The van der Waals surface area contributed by atoms with Crippen LogP contribution < -0.4 is 4.90 Å². The number of aliphatic hydroxyl groups is 1. The molecule has 202 valence electrons. The molecule has 6 rings (SSSR count). The van der Waals surface area contributed by atoms with Gasteiger partial charge in [-0.15, -0.1) is 23.2 Å². The predicted octanol–water partition coefficient (Wildman–Crippen LogP) is 2.87. The van der Waals surface area contributed by atoms with E-state index in [0.29, 0.717) is 5.57 Å². The van der Waals surface area contributed by atoms with E-state index in [1.807, 2.05) is 0 Å². The number of furan rings is 1. The number of rotatable bonds is 4. The summed E-state index contributed by atoms with van der Waals surface area (Å²) in [6.45, 7) is -0.418.